The smallest absolute Gasteiger partial charge is 0.273 e. The second-order valence-electron chi connectivity index (χ2n) is 8.96. The summed E-state index contributed by atoms with van der Waals surface area (Å²) in [5.74, 6) is 1.44. The number of anilines is 1. The summed E-state index contributed by atoms with van der Waals surface area (Å²) in [4.78, 5) is 24.5. The minimum atomic E-state index is -0.108. The average Bonchev–Trinajstić information content (AvgIpc) is 3.50. The molecule has 0 aromatic carbocycles. The van der Waals surface area contributed by atoms with Gasteiger partial charge in [-0.15, -0.1) is 5.10 Å². The van der Waals surface area contributed by atoms with Crippen LogP contribution in [0.25, 0.3) is 0 Å². The van der Waals surface area contributed by atoms with E-state index in [2.05, 4.69) is 36.7 Å². The molecule has 3 aliphatic rings. The zero-order valence-electron chi connectivity index (χ0n) is 17.3. The van der Waals surface area contributed by atoms with Crippen LogP contribution in [0.5, 0.6) is 0 Å². The first-order valence-electron chi connectivity index (χ1n) is 10.9. The Morgan fingerprint density at radius 1 is 1.30 bits per heavy atom. The maximum atomic E-state index is 12.5. The van der Waals surface area contributed by atoms with E-state index in [1.165, 1.54) is 11.5 Å². The Bertz CT molecular complexity index is 896. The van der Waals surface area contributed by atoms with Gasteiger partial charge in [0.2, 0.25) is 0 Å². The number of carbonyl (C=O) groups is 1. The normalized spacial score (nSPS) is 23.5. The van der Waals surface area contributed by atoms with E-state index in [0.717, 1.165) is 74.5 Å². The highest BCUT2D eigenvalue weighted by Crippen LogP contribution is 2.43. The standard InChI is InChI=1S/C21H28N6O2S/c1-14-10-22-13-24-19(14)27-8-6-21(7-9-27)5-4-16(29-12-21)11-23-20(28)17-18(15-2-3-15)30-26-25-17/h10,13,15-16H,2-9,11-12H2,1H3,(H,23,28)/t16-/m1/s1. The fraction of sp³-hybridized carbons (Fsp3) is 0.667. The Morgan fingerprint density at radius 2 is 2.13 bits per heavy atom. The van der Waals surface area contributed by atoms with Gasteiger partial charge in [-0.2, -0.15) is 0 Å². The van der Waals surface area contributed by atoms with Gasteiger partial charge in [0, 0.05) is 31.4 Å². The van der Waals surface area contributed by atoms with Gasteiger partial charge < -0.3 is 15.0 Å². The minimum absolute atomic E-state index is 0.0812. The molecule has 2 aliphatic heterocycles. The molecule has 1 spiro atoms. The first-order valence-corrected chi connectivity index (χ1v) is 11.6. The summed E-state index contributed by atoms with van der Waals surface area (Å²) in [6, 6.07) is 0. The third kappa shape index (κ3) is 4.05. The first-order chi connectivity index (χ1) is 14.6. The van der Waals surface area contributed by atoms with Gasteiger partial charge in [0.15, 0.2) is 5.69 Å². The van der Waals surface area contributed by atoms with E-state index in [1.807, 2.05) is 6.20 Å². The van der Waals surface area contributed by atoms with E-state index < -0.39 is 0 Å². The lowest BCUT2D eigenvalue weighted by Crippen LogP contribution is -2.48. The maximum absolute atomic E-state index is 12.5. The highest BCUT2D eigenvalue weighted by Gasteiger charge is 2.39. The van der Waals surface area contributed by atoms with Crippen LogP contribution in [-0.4, -0.2) is 57.8 Å². The number of amides is 1. The van der Waals surface area contributed by atoms with Gasteiger partial charge in [-0.3, -0.25) is 4.79 Å². The molecule has 2 aromatic heterocycles. The molecule has 3 fully saturated rings. The summed E-state index contributed by atoms with van der Waals surface area (Å²) < 4.78 is 10.2. The van der Waals surface area contributed by atoms with Crippen molar-refractivity contribution in [2.45, 2.75) is 57.5 Å². The zero-order valence-corrected chi connectivity index (χ0v) is 18.2. The van der Waals surface area contributed by atoms with Crippen molar-refractivity contribution in [3.8, 4) is 0 Å². The average molecular weight is 429 g/mol. The number of aromatic nitrogens is 4. The second-order valence-corrected chi connectivity index (χ2v) is 9.74. The summed E-state index contributed by atoms with van der Waals surface area (Å²) in [6.07, 6.45) is 10.2. The van der Waals surface area contributed by atoms with Gasteiger partial charge >= 0.3 is 0 Å². The number of nitrogens with zero attached hydrogens (tertiary/aromatic N) is 5. The van der Waals surface area contributed by atoms with Crippen LogP contribution in [0.15, 0.2) is 12.5 Å². The third-order valence-electron chi connectivity index (χ3n) is 6.78. The SMILES string of the molecule is Cc1cncnc1N1CCC2(CC[C@H](CNC(=O)c3nnsc3C3CC3)OC2)CC1. The number of nitrogens with one attached hydrogen (secondary N) is 1. The lowest BCUT2D eigenvalue weighted by atomic mass is 9.73. The number of hydrogen-bond donors (Lipinski definition) is 1. The van der Waals surface area contributed by atoms with Gasteiger partial charge in [0.05, 0.1) is 17.6 Å². The van der Waals surface area contributed by atoms with Crippen LogP contribution < -0.4 is 10.2 Å². The van der Waals surface area contributed by atoms with Crippen LogP contribution in [0, 0.1) is 12.3 Å². The Labute approximate surface area is 180 Å². The molecule has 5 rings (SSSR count). The van der Waals surface area contributed by atoms with Crippen LogP contribution in [-0.2, 0) is 4.74 Å². The van der Waals surface area contributed by atoms with Crippen molar-refractivity contribution in [2.75, 3.05) is 31.1 Å². The predicted octanol–water partition coefficient (Wildman–Crippen LogP) is 2.71. The van der Waals surface area contributed by atoms with E-state index in [0.29, 0.717) is 18.2 Å². The highest BCUT2D eigenvalue weighted by atomic mass is 32.1. The largest absolute Gasteiger partial charge is 0.376 e. The van der Waals surface area contributed by atoms with E-state index >= 15 is 0 Å². The molecule has 1 atom stereocenters. The van der Waals surface area contributed by atoms with Crippen LogP contribution in [0.2, 0.25) is 0 Å². The highest BCUT2D eigenvalue weighted by molar-refractivity contribution is 7.06. The van der Waals surface area contributed by atoms with Crippen LogP contribution in [0.4, 0.5) is 5.82 Å². The summed E-state index contributed by atoms with van der Waals surface area (Å²) in [7, 11) is 0. The first kappa shape index (κ1) is 19.8. The summed E-state index contributed by atoms with van der Waals surface area (Å²) in [5, 5.41) is 7.07. The van der Waals surface area contributed by atoms with E-state index in [-0.39, 0.29) is 17.4 Å². The lowest BCUT2D eigenvalue weighted by Gasteiger charge is -2.46. The molecule has 0 radical (unpaired) electrons. The Morgan fingerprint density at radius 3 is 2.83 bits per heavy atom. The maximum Gasteiger partial charge on any atom is 0.273 e. The van der Waals surface area contributed by atoms with Crippen LogP contribution in [0.1, 0.15) is 65.4 Å². The number of piperidine rings is 1. The van der Waals surface area contributed by atoms with Crippen LogP contribution in [0.3, 0.4) is 0 Å². The van der Waals surface area contributed by atoms with Crippen molar-refractivity contribution in [3.63, 3.8) is 0 Å². The topological polar surface area (TPSA) is 93.1 Å². The fourth-order valence-electron chi connectivity index (χ4n) is 4.65. The summed E-state index contributed by atoms with van der Waals surface area (Å²) in [6.45, 7) is 5.39. The molecule has 0 unspecified atom stereocenters. The molecule has 4 heterocycles. The molecule has 0 bridgehead atoms. The molecule has 8 nitrogen and oxygen atoms in total. The quantitative estimate of drug-likeness (QED) is 0.783. The molecule has 1 amide bonds. The molecule has 1 N–H and O–H groups in total. The lowest BCUT2D eigenvalue weighted by molar-refractivity contribution is -0.0700. The van der Waals surface area contributed by atoms with Crippen molar-refractivity contribution in [1.29, 1.82) is 0 Å². The van der Waals surface area contributed by atoms with Crippen molar-refractivity contribution < 1.29 is 9.53 Å². The monoisotopic (exact) mass is 428 g/mol. The fourth-order valence-corrected chi connectivity index (χ4v) is 5.46. The molecular formula is C21H28N6O2S. The second kappa shape index (κ2) is 8.19. The number of rotatable bonds is 5. The molecule has 1 aliphatic carbocycles. The Balaban J connectivity index is 1.10. The van der Waals surface area contributed by atoms with Gasteiger partial charge in [-0.25, -0.2) is 9.97 Å². The van der Waals surface area contributed by atoms with Gasteiger partial charge in [0.25, 0.3) is 5.91 Å². The number of aryl methyl sites for hydroxylation is 1. The van der Waals surface area contributed by atoms with E-state index in [1.54, 1.807) is 6.33 Å². The van der Waals surface area contributed by atoms with Crippen molar-refractivity contribution in [2.24, 2.45) is 5.41 Å². The van der Waals surface area contributed by atoms with Gasteiger partial charge in [0.1, 0.15) is 12.1 Å². The zero-order chi connectivity index (χ0) is 20.6. The molecule has 30 heavy (non-hydrogen) atoms. The number of carbonyl (C=O) groups excluding carboxylic acids is 1. The van der Waals surface area contributed by atoms with Crippen LogP contribution >= 0.6 is 11.5 Å². The van der Waals surface area contributed by atoms with E-state index in [4.69, 9.17) is 4.74 Å². The van der Waals surface area contributed by atoms with E-state index in [9.17, 15) is 4.79 Å². The van der Waals surface area contributed by atoms with Crippen molar-refractivity contribution >= 4 is 23.3 Å². The van der Waals surface area contributed by atoms with Gasteiger partial charge in [-0.05, 0) is 68.3 Å². The van der Waals surface area contributed by atoms with Crippen molar-refractivity contribution in [3.05, 3.63) is 28.7 Å². The Kier molecular flexibility index (Phi) is 5.41. The molecule has 1 saturated carbocycles. The number of ether oxygens (including phenoxy) is 1. The molecular weight excluding hydrogens is 400 g/mol. The molecule has 9 heteroatoms. The summed E-state index contributed by atoms with van der Waals surface area (Å²) in [5.41, 5.74) is 1.90. The Hall–Kier alpha value is -2.13. The van der Waals surface area contributed by atoms with Gasteiger partial charge in [-0.1, -0.05) is 4.49 Å². The number of hydrogen-bond acceptors (Lipinski definition) is 8. The van der Waals surface area contributed by atoms with Crippen molar-refractivity contribution in [1.82, 2.24) is 24.9 Å². The molecule has 2 saturated heterocycles. The summed E-state index contributed by atoms with van der Waals surface area (Å²) >= 11 is 1.36. The predicted molar refractivity (Wildman–Crippen MR) is 114 cm³/mol. The minimum Gasteiger partial charge on any atom is -0.376 e. The third-order valence-corrected chi connectivity index (χ3v) is 7.67. The molecule has 160 valence electrons. The molecule has 2 aromatic rings.